The van der Waals surface area contributed by atoms with E-state index in [4.69, 9.17) is 14.2 Å². The van der Waals surface area contributed by atoms with E-state index in [9.17, 15) is 45.0 Å². The predicted molar refractivity (Wildman–Crippen MR) is 115 cm³/mol. The Labute approximate surface area is 198 Å². The molecule has 0 spiro atoms. The fourth-order valence-corrected chi connectivity index (χ4v) is 3.31. The molecule has 1 aliphatic carbocycles. The molecule has 12 heteroatoms. The highest BCUT2D eigenvalue weighted by molar-refractivity contribution is 6.00. The number of aliphatic hydroxyl groups excluding tert-OH is 3. The number of phenolic OH excluding ortho intramolecular Hbond substituents is 2. The van der Waals surface area contributed by atoms with Crippen molar-refractivity contribution < 1.29 is 59.2 Å². The lowest BCUT2D eigenvalue weighted by Gasteiger charge is -2.39. The van der Waals surface area contributed by atoms with E-state index in [-0.39, 0.29) is 11.5 Å². The van der Waals surface area contributed by atoms with Crippen LogP contribution in [0.15, 0.2) is 48.6 Å². The van der Waals surface area contributed by atoms with E-state index in [2.05, 4.69) is 0 Å². The van der Waals surface area contributed by atoms with Crippen molar-refractivity contribution in [2.45, 2.75) is 42.7 Å². The van der Waals surface area contributed by atoms with Gasteiger partial charge in [-0.15, -0.1) is 0 Å². The van der Waals surface area contributed by atoms with E-state index in [0.717, 1.165) is 30.4 Å². The largest absolute Gasteiger partial charge is 0.504 e. The maximum atomic E-state index is 12.1. The zero-order chi connectivity index (χ0) is 25.8. The summed E-state index contributed by atoms with van der Waals surface area (Å²) < 4.78 is 15.0. The molecule has 0 saturated carbocycles. The normalized spacial score (nSPS) is 27.7. The molecule has 0 bridgehead atoms. The van der Waals surface area contributed by atoms with Crippen molar-refractivity contribution >= 4 is 23.8 Å². The molecule has 1 heterocycles. The first kappa shape index (κ1) is 26.1. The second-order valence-electron chi connectivity index (χ2n) is 7.95. The summed E-state index contributed by atoms with van der Waals surface area (Å²) in [6.45, 7) is -0.596. The second kappa shape index (κ2) is 10.8. The lowest BCUT2D eigenvalue weighted by atomic mass is 9.94. The van der Waals surface area contributed by atoms with E-state index >= 15 is 0 Å². The van der Waals surface area contributed by atoms with Gasteiger partial charge in [0.25, 0.3) is 0 Å². The number of benzene rings is 1. The number of esters is 2. The summed E-state index contributed by atoms with van der Waals surface area (Å²) >= 11 is 0. The molecule has 3 rings (SSSR count). The van der Waals surface area contributed by atoms with Crippen molar-refractivity contribution in [1.82, 2.24) is 0 Å². The van der Waals surface area contributed by atoms with Crippen LogP contribution in [0.25, 0.3) is 6.08 Å². The highest BCUT2D eigenvalue weighted by Gasteiger charge is 2.46. The molecular weight excluding hydrogens is 468 g/mol. The number of aliphatic hydroxyl groups is 4. The van der Waals surface area contributed by atoms with E-state index in [1.165, 1.54) is 24.3 Å². The van der Waals surface area contributed by atoms with Gasteiger partial charge in [-0.25, -0.2) is 4.79 Å². The topological polar surface area (TPSA) is 200 Å². The van der Waals surface area contributed by atoms with Crippen LogP contribution in [0.4, 0.5) is 0 Å². The molecule has 2 aliphatic rings. The van der Waals surface area contributed by atoms with Crippen molar-refractivity contribution in [2.75, 3.05) is 6.61 Å². The Kier molecular flexibility index (Phi) is 8.04. The maximum Gasteiger partial charge on any atom is 0.331 e. The molecule has 1 aliphatic heterocycles. The number of phenols is 2. The van der Waals surface area contributed by atoms with Crippen LogP contribution in [0.3, 0.4) is 0 Å². The molecule has 5 atom stereocenters. The van der Waals surface area contributed by atoms with E-state index < -0.39 is 67.0 Å². The van der Waals surface area contributed by atoms with Gasteiger partial charge in [-0.1, -0.05) is 6.07 Å². The average molecular weight is 492 g/mol. The van der Waals surface area contributed by atoms with Crippen LogP contribution in [0.1, 0.15) is 12.0 Å². The molecule has 6 N–H and O–H groups in total. The number of ether oxygens (including phenoxy) is 3. The number of ketones is 1. The van der Waals surface area contributed by atoms with Crippen LogP contribution in [0.2, 0.25) is 0 Å². The molecule has 5 unspecified atom stereocenters. The first-order chi connectivity index (χ1) is 16.5. The molecule has 0 aromatic heterocycles. The molecule has 1 aromatic carbocycles. The Morgan fingerprint density at radius 3 is 2.40 bits per heavy atom. The molecule has 188 valence electrons. The summed E-state index contributed by atoms with van der Waals surface area (Å²) in [4.78, 5) is 35.2. The Morgan fingerprint density at radius 1 is 1.06 bits per heavy atom. The van der Waals surface area contributed by atoms with Crippen molar-refractivity contribution in [2.24, 2.45) is 0 Å². The SMILES string of the molecule is O=C1C=CC(O)(CC(=O)OCC2OC(O)C(OC(=O)C=Cc3ccc(O)c(O)c3)C(O)C2O)C=C1. The standard InChI is InChI=1S/C23H24O12/c24-13-5-7-23(32,8-6-13)10-18(28)33-11-16-19(29)20(30)21(22(31)34-16)35-17(27)4-2-12-1-3-14(25)15(26)9-12/h1-9,16,19-22,25-26,29-32H,10-11H2. The van der Waals surface area contributed by atoms with Gasteiger partial charge in [-0.2, -0.15) is 0 Å². The molecule has 0 radical (unpaired) electrons. The van der Waals surface area contributed by atoms with E-state index in [1.807, 2.05) is 0 Å². The zero-order valence-corrected chi connectivity index (χ0v) is 18.1. The van der Waals surface area contributed by atoms with Crippen molar-refractivity contribution in [1.29, 1.82) is 0 Å². The minimum absolute atomic E-state index is 0.343. The van der Waals surface area contributed by atoms with Gasteiger partial charge < -0.3 is 44.8 Å². The third-order valence-electron chi connectivity index (χ3n) is 5.23. The van der Waals surface area contributed by atoms with Crippen LogP contribution in [0, 0.1) is 0 Å². The van der Waals surface area contributed by atoms with Gasteiger partial charge in [0, 0.05) is 6.08 Å². The van der Waals surface area contributed by atoms with Gasteiger partial charge in [0.15, 0.2) is 29.7 Å². The molecule has 1 aromatic rings. The number of allylic oxidation sites excluding steroid dienone is 2. The predicted octanol–water partition coefficient (Wildman–Crippen LogP) is -1.18. The average Bonchev–Trinajstić information content (AvgIpc) is 2.81. The smallest absolute Gasteiger partial charge is 0.331 e. The third kappa shape index (κ3) is 6.74. The quantitative estimate of drug-likeness (QED) is 0.151. The Balaban J connectivity index is 1.51. The Bertz CT molecular complexity index is 1040. The Morgan fingerprint density at radius 2 is 1.74 bits per heavy atom. The van der Waals surface area contributed by atoms with Crippen molar-refractivity contribution in [3.8, 4) is 11.5 Å². The third-order valence-corrected chi connectivity index (χ3v) is 5.23. The monoisotopic (exact) mass is 492 g/mol. The summed E-state index contributed by atoms with van der Waals surface area (Å²) in [5, 5.41) is 59.7. The van der Waals surface area contributed by atoms with Crippen LogP contribution in [0.5, 0.6) is 11.5 Å². The van der Waals surface area contributed by atoms with Gasteiger partial charge in [0.05, 0.1) is 6.42 Å². The minimum Gasteiger partial charge on any atom is -0.504 e. The highest BCUT2D eigenvalue weighted by atomic mass is 16.7. The van der Waals surface area contributed by atoms with Gasteiger partial charge in [-0.3, -0.25) is 9.59 Å². The number of rotatable bonds is 7. The molecule has 12 nitrogen and oxygen atoms in total. The summed E-state index contributed by atoms with van der Waals surface area (Å²) in [5.41, 5.74) is -1.38. The highest BCUT2D eigenvalue weighted by Crippen LogP contribution is 2.26. The number of hydrogen-bond donors (Lipinski definition) is 6. The number of aromatic hydroxyl groups is 2. The summed E-state index contributed by atoms with van der Waals surface area (Å²) in [7, 11) is 0. The van der Waals surface area contributed by atoms with E-state index in [1.54, 1.807) is 0 Å². The molecule has 0 amide bonds. The van der Waals surface area contributed by atoms with Crippen LogP contribution >= 0.6 is 0 Å². The molecule has 1 fully saturated rings. The molecule has 35 heavy (non-hydrogen) atoms. The van der Waals surface area contributed by atoms with E-state index in [0.29, 0.717) is 5.56 Å². The number of hydrogen-bond acceptors (Lipinski definition) is 12. The molecule has 1 saturated heterocycles. The Hall–Kier alpha value is -3.55. The summed E-state index contributed by atoms with van der Waals surface area (Å²) in [6, 6.07) is 3.79. The first-order valence-electron chi connectivity index (χ1n) is 10.4. The fraction of sp³-hybridized carbons (Fsp3) is 0.348. The van der Waals surface area contributed by atoms with Gasteiger partial charge in [0.2, 0.25) is 0 Å². The lowest BCUT2D eigenvalue weighted by molar-refractivity contribution is -0.290. The first-order valence-corrected chi connectivity index (χ1v) is 10.4. The maximum absolute atomic E-state index is 12.1. The number of carbonyl (C=O) groups is 3. The summed E-state index contributed by atoms with van der Waals surface area (Å²) in [6.07, 6.45) is -2.32. The minimum atomic E-state index is -1.87. The fourth-order valence-electron chi connectivity index (χ4n) is 3.31. The summed E-state index contributed by atoms with van der Waals surface area (Å²) in [5.74, 6) is -3.02. The molecular formula is C23H24O12. The van der Waals surface area contributed by atoms with Crippen LogP contribution < -0.4 is 0 Å². The zero-order valence-electron chi connectivity index (χ0n) is 18.1. The van der Waals surface area contributed by atoms with Gasteiger partial charge >= 0.3 is 11.9 Å². The van der Waals surface area contributed by atoms with Crippen molar-refractivity contribution in [3.05, 3.63) is 54.1 Å². The van der Waals surface area contributed by atoms with Gasteiger partial charge in [-0.05, 0) is 48.1 Å². The van der Waals surface area contributed by atoms with Crippen LogP contribution in [-0.2, 0) is 28.6 Å². The number of carbonyl (C=O) groups excluding carboxylic acids is 3. The van der Waals surface area contributed by atoms with Gasteiger partial charge in [0.1, 0.15) is 30.5 Å². The second-order valence-corrected chi connectivity index (χ2v) is 7.95. The van der Waals surface area contributed by atoms with Crippen LogP contribution in [-0.4, -0.2) is 91.3 Å². The lowest BCUT2D eigenvalue weighted by Crippen LogP contribution is -2.60. The van der Waals surface area contributed by atoms with Crippen molar-refractivity contribution in [3.63, 3.8) is 0 Å².